The Bertz CT molecular complexity index is 340. The smallest absolute Gasteiger partial charge is 0.411 e. The number of aryl methyl sites for hydroxylation is 1. The van der Waals surface area contributed by atoms with Crippen LogP contribution in [0.5, 0.6) is 0 Å². The number of amides is 1. The van der Waals surface area contributed by atoms with Crippen LogP contribution in [-0.4, -0.2) is 19.7 Å². The van der Waals surface area contributed by atoms with Crippen LogP contribution in [0.15, 0.2) is 24.3 Å². The summed E-state index contributed by atoms with van der Waals surface area (Å²) in [4.78, 5) is 11.0. The normalized spacial score (nSPS) is 9.88. The van der Waals surface area contributed by atoms with E-state index in [1.165, 1.54) is 12.7 Å². The molecule has 0 aromatic heterocycles. The van der Waals surface area contributed by atoms with Crippen molar-refractivity contribution in [2.75, 3.05) is 19.0 Å². The Hall–Kier alpha value is -1.55. The lowest BCUT2D eigenvalue weighted by molar-refractivity contribution is 0.187. The van der Waals surface area contributed by atoms with Crippen molar-refractivity contribution in [3.63, 3.8) is 0 Å². The molecule has 88 valence electrons. The Morgan fingerprint density at radius 1 is 1.44 bits per heavy atom. The number of carbonyl (C=O) groups excluding carboxylic acids is 1. The highest BCUT2D eigenvalue weighted by Crippen LogP contribution is 2.13. The maximum absolute atomic E-state index is 11.0. The minimum Gasteiger partial charge on any atom is -0.453 e. The Kier molecular flexibility index (Phi) is 5.36. The van der Waals surface area contributed by atoms with Crippen LogP contribution in [-0.2, 0) is 11.2 Å². The Morgan fingerprint density at radius 3 is 2.94 bits per heavy atom. The molecular formula is C12H18N2O2. The van der Waals surface area contributed by atoms with Crippen molar-refractivity contribution in [1.29, 1.82) is 0 Å². The summed E-state index contributed by atoms with van der Waals surface area (Å²) >= 11 is 0. The molecule has 0 atom stereocenters. The van der Waals surface area contributed by atoms with E-state index >= 15 is 0 Å². The zero-order valence-corrected chi connectivity index (χ0v) is 9.53. The average Bonchev–Trinajstić information content (AvgIpc) is 2.30. The summed E-state index contributed by atoms with van der Waals surface area (Å²) in [5, 5.41) is 2.64. The number of carbonyl (C=O) groups is 1. The molecule has 3 N–H and O–H groups in total. The zero-order valence-electron chi connectivity index (χ0n) is 9.53. The van der Waals surface area contributed by atoms with Crippen LogP contribution in [0.1, 0.15) is 18.4 Å². The number of hydrogen-bond acceptors (Lipinski definition) is 3. The minimum atomic E-state index is -0.445. The van der Waals surface area contributed by atoms with E-state index in [2.05, 4.69) is 10.1 Å². The largest absolute Gasteiger partial charge is 0.453 e. The fraction of sp³-hybridized carbons (Fsp3) is 0.417. The van der Waals surface area contributed by atoms with E-state index in [0.717, 1.165) is 31.5 Å². The zero-order chi connectivity index (χ0) is 11.8. The van der Waals surface area contributed by atoms with Crippen molar-refractivity contribution in [3.8, 4) is 0 Å². The third kappa shape index (κ3) is 4.31. The average molecular weight is 222 g/mol. The molecule has 0 saturated heterocycles. The van der Waals surface area contributed by atoms with E-state index < -0.39 is 6.09 Å². The molecule has 1 rings (SSSR count). The van der Waals surface area contributed by atoms with Gasteiger partial charge < -0.3 is 10.5 Å². The third-order valence-corrected chi connectivity index (χ3v) is 2.28. The fourth-order valence-corrected chi connectivity index (χ4v) is 1.45. The van der Waals surface area contributed by atoms with E-state index in [9.17, 15) is 4.79 Å². The van der Waals surface area contributed by atoms with Crippen molar-refractivity contribution < 1.29 is 9.53 Å². The van der Waals surface area contributed by atoms with Gasteiger partial charge in [-0.25, -0.2) is 4.79 Å². The van der Waals surface area contributed by atoms with E-state index in [1.807, 2.05) is 24.3 Å². The van der Waals surface area contributed by atoms with Crippen LogP contribution in [0, 0.1) is 0 Å². The summed E-state index contributed by atoms with van der Waals surface area (Å²) in [7, 11) is 1.35. The lowest BCUT2D eigenvalue weighted by Crippen LogP contribution is -2.10. The van der Waals surface area contributed by atoms with Crippen LogP contribution in [0.2, 0.25) is 0 Å². The fourth-order valence-electron chi connectivity index (χ4n) is 1.45. The van der Waals surface area contributed by atoms with Gasteiger partial charge in [0.1, 0.15) is 0 Å². The summed E-state index contributed by atoms with van der Waals surface area (Å²) in [5.74, 6) is 0. The molecule has 0 bridgehead atoms. The van der Waals surface area contributed by atoms with Crippen LogP contribution >= 0.6 is 0 Å². The molecule has 1 aromatic rings. The van der Waals surface area contributed by atoms with Crippen molar-refractivity contribution in [3.05, 3.63) is 29.8 Å². The van der Waals surface area contributed by atoms with Crippen molar-refractivity contribution in [2.24, 2.45) is 5.73 Å². The number of nitrogens with two attached hydrogens (primary N) is 1. The number of anilines is 1. The predicted octanol–water partition coefficient (Wildman–Crippen LogP) is 2.15. The van der Waals surface area contributed by atoms with Gasteiger partial charge in [-0.05, 0) is 43.5 Å². The number of nitrogens with one attached hydrogen (secondary N) is 1. The van der Waals surface area contributed by atoms with Gasteiger partial charge in [0.25, 0.3) is 0 Å². The highest BCUT2D eigenvalue weighted by molar-refractivity contribution is 5.84. The second kappa shape index (κ2) is 6.85. The van der Waals surface area contributed by atoms with Gasteiger partial charge in [-0.15, -0.1) is 0 Å². The van der Waals surface area contributed by atoms with E-state index in [0.29, 0.717) is 0 Å². The van der Waals surface area contributed by atoms with Crippen molar-refractivity contribution >= 4 is 11.8 Å². The second-order valence-corrected chi connectivity index (χ2v) is 3.56. The molecule has 4 heteroatoms. The molecule has 4 nitrogen and oxygen atoms in total. The molecule has 0 aliphatic rings. The van der Waals surface area contributed by atoms with Crippen LogP contribution in [0.25, 0.3) is 0 Å². The summed E-state index contributed by atoms with van der Waals surface area (Å²) in [6, 6.07) is 7.75. The number of hydrogen-bond donors (Lipinski definition) is 2. The Morgan fingerprint density at radius 2 is 2.25 bits per heavy atom. The van der Waals surface area contributed by atoms with Crippen LogP contribution in [0.4, 0.5) is 10.5 Å². The first kappa shape index (κ1) is 12.5. The van der Waals surface area contributed by atoms with Gasteiger partial charge in [-0.1, -0.05) is 12.1 Å². The van der Waals surface area contributed by atoms with Gasteiger partial charge in [0.15, 0.2) is 0 Å². The number of unbranched alkanes of at least 4 members (excludes halogenated alkanes) is 1. The van der Waals surface area contributed by atoms with Gasteiger partial charge in [-0.3, -0.25) is 5.32 Å². The highest BCUT2D eigenvalue weighted by atomic mass is 16.5. The molecule has 1 amide bonds. The Balaban J connectivity index is 2.53. The molecule has 0 spiro atoms. The lowest BCUT2D eigenvalue weighted by atomic mass is 10.1. The lowest BCUT2D eigenvalue weighted by Gasteiger charge is -2.06. The van der Waals surface area contributed by atoms with Gasteiger partial charge in [0, 0.05) is 5.69 Å². The van der Waals surface area contributed by atoms with Gasteiger partial charge in [-0.2, -0.15) is 0 Å². The first-order chi connectivity index (χ1) is 7.76. The molecule has 1 aromatic carbocycles. The second-order valence-electron chi connectivity index (χ2n) is 3.56. The molecule has 0 aliphatic carbocycles. The Labute approximate surface area is 95.8 Å². The molecular weight excluding hydrogens is 204 g/mol. The maximum atomic E-state index is 11.0. The number of methoxy groups -OCH3 is 1. The topological polar surface area (TPSA) is 64.3 Å². The molecule has 0 heterocycles. The molecule has 0 unspecified atom stereocenters. The monoisotopic (exact) mass is 222 g/mol. The van der Waals surface area contributed by atoms with Crippen LogP contribution < -0.4 is 11.1 Å². The molecule has 0 saturated carbocycles. The molecule has 0 radical (unpaired) electrons. The highest BCUT2D eigenvalue weighted by Gasteiger charge is 2.01. The SMILES string of the molecule is COC(=O)Nc1cccc(CCCCN)c1. The summed E-state index contributed by atoms with van der Waals surface area (Å²) in [5.41, 5.74) is 7.39. The van der Waals surface area contributed by atoms with Crippen LogP contribution in [0.3, 0.4) is 0 Å². The number of ether oxygens (including phenoxy) is 1. The summed E-state index contributed by atoms with van der Waals surface area (Å²) in [6.07, 6.45) is 2.62. The summed E-state index contributed by atoms with van der Waals surface area (Å²) < 4.78 is 4.53. The van der Waals surface area contributed by atoms with E-state index in [1.54, 1.807) is 0 Å². The third-order valence-electron chi connectivity index (χ3n) is 2.28. The number of rotatable bonds is 5. The molecule has 16 heavy (non-hydrogen) atoms. The molecule has 0 fully saturated rings. The minimum absolute atomic E-state index is 0.445. The van der Waals surface area contributed by atoms with E-state index in [4.69, 9.17) is 5.73 Å². The first-order valence-corrected chi connectivity index (χ1v) is 5.40. The maximum Gasteiger partial charge on any atom is 0.411 e. The summed E-state index contributed by atoms with van der Waals surface area (Å²) in [6.45, 7) is 0.722. The van der Waals surface area contributed by atoms with Gasteiger partial charge in [0.05, 0.1) is 7.11 Å². The predicted molar refractivity (Wildman–Crippen MR) is 64.5 cm³/mol. The first-order valence-electron chi connectivity index (χ1n) is 5.40. The molecule has 0 aliphatic heterocycles. The van der Waals surface area contributed by atoms with Gasteiger partial charge in [0.2, 0.25) is 0 Å². The van der Waals surface area contributed by atoms with Crippen molar-refractivity contribution in [2.45, 2.75) is 19.3 Å². The standard InChI is InChI=1S/C12H18N2O2/c1-16-12(15)14-11-7-4-6-10(9-11)5-2-3-8-13/h4,6-7,9H,2-3,5,8,13H2,1H3,(H,14,15). The van der Waals surface area contributed by atoms with E-state index in [-0.39, 0.29) is 0 Å². The number of benzene rings is 1. The quantitative estimate of drug-likeness (QED) is 0.750. The van der Waals surface area contributed by atoms with Crippen molar-refractivity contribution in [1.82, 2.24) is 0 Å². The van der Waals surface area contributed by atoms with Gasteiger partial charge >= 0.3 is 6.09 Å².